The lowest BCUT2D eigenvalue weighted by Crippen LogP contribution is -2.23. The third-order valence-corrected chi connectivity index (χ3v) is 4.96. The zero-order chi connectivity index (χ0) is 19.3. The maximum absolute atomic E-state index is 11.4. The molecule has 3 nitrogen and oxygen atoms in total. The van der Waals surface area contributed by atoms with E-state index in [-0.39, 0.29) is 5.97 Å². The highest BCUT2D eigenvalue weighted by Crippen LogP contribution is 2.14. The van der Waals surface area contributed by atoms with Crippen molar-refractivity contribution in [1.29, 1.82) is 0 Å². The average molecular weight is 370 g/mol. The molecule has 0 aliphatic heterocycles. The summed E-state index contributed by atoms with van der Waals surface area (Å²) in [6.07, 6.45) is 23.3. The number of unbranched alkanes of at least 4 members (excludes halogenated alkanes) is 16. The van der Waals surface area contributed by atoms with E-state index >= 15 is 0 Å². The Morgan fingerprint density at radius 2 is 0.962 bits per heavy atom. The van der Waals surface area contributed by atoms with Crippen LogP contribution in [0.4, 0.5) is 0 Å². The van der Waals surface area contributed by atoms with Crippen LogP contribution in [0.25, 0.3) is 0 Å². The molecule has 0 saturated carbocycles. The minimum Gasteiger partial charge on any atom is -0.465 e. The molecule has 0 unspecified atom stereocenters. The summed E-state index contributed by atoms with van der Waals surface area (Å²) in [6.45, 7) is 3.26. The summed E-state index contributed by atoms with van der Waals surface area (Å²) < 4.78 is 5.20. The van der Waals surface area contributed by atoms with Crippen molar-refractivity contribution in [3.63, 3.8) is 0 Å². The van der Waals surface area contributed by atoms with Gasteiger partial charge in [-0.25, -0.2) is 0 Å². The molecule has 26 heavy (non-hydrogen) atoms. The predicted octanol–water partition coefficient (Wildman–Crippen LogP) is 6.74. The Labute approximate surface area is 164 Å². The van der Waals surface area contributed by atoms with E-state index < -0.39 is 0 Å². The van der Waals surface area contributed by atoms with Crippen LogP contribution in [0.1, 0.15) is 116 Å². The smallest absolute Gasteiger partial charge is 0.320 e. The quantitative estimate of drug-likeness (QED) is 0.176. The van der Waals surface area contributed by atoms with Crippen LogP contribution in [0, 0.1) is 0 Å². The van der Waals surface area contributed by atoms with Crippen molar-refractivity contribution in [2.45, 2.75) is 116 Å². The number of nitrogens with zero attached hydrogens (tertiary/aromatic N) is 1. The third-order valence-electron chi connectivity index (χ3n) is 4.96. The topological polar surface area (TPSA) is 29.5 Å². The van der Waals surface area contributed by atoms with Crippen molar-refractivity contribution in [2.24, 2.45) is 0 Å². The fourth-order valence-electron chi connectivity index (χ4n) is 3.32. The molecule has 0 rings (SSSR count). The van der Waals surface area contributed by atoms with Crippen molar-refractivity contribution in [1.82, 2.24) is 4.90 Å². The van der Waals surface area contributed by atoms with E-state index in [1.807, 2.05) is 19.0 Å². The Morgan fingerprint density at radius 1 is 0.615 bits per heavy atom. The van der Waals surface area contributed by atoms with Gasteiger partial charge in [-0.05, 0) is 20.5 Å². The first-order chi connectivity index (χ1) is 12.7. The summed E-state index contributed by atoms with van der Waals surface area (Å²) in [5, 5.41) is 0. The zero-order valence-corrected chi connectivity index (χ0v) is 18.2. The van der Waals surface area contributed by atoms with E-state index in [1.54, 1.807) is 0 Å². The third kappa shape index (κ3) is 21.5. The highest BCUT2D eigenvalue weighted by Gasteiger charge is 2.03. The van der Waals surface area contributed by atoms with Crippen molar-refractivity contribution < 1.29 is 9.53 Å². The van der Waals surface area contributed by atoms with Crippen LogP contribution >= 0.6 is 0 Å². The molecule has 0 aromatic carbocycles. The Morgan fingerprint density at radius 3 is 1.31 bits per heavy atom. The van der Waals surface area contributed by atoms with Crippen LogP contribution in [0.2, 0.25) is 0 Å². The molecule has 0 aliphatic rings. The fourth-order valence-corrected chi connectivity index (χ4v) is 3.32. The van der Waals surface area contributed by atoms with Crippen LogP contribution in [0.5, 0.6) is 0 Å². The number of rotatable bonds is 20. The van der Waals surface area contributed by atoms with Crippen molar-refractivity contribution in [3.8, 4) is 0 Å². The molecule has 0 fully saturated rings. The molecular weight excluding hydrogens is 322 g/mol. The standard InChI is InChI=1S/C23H47NO2/c1-4-5-6-7-8-9-10-11-12-13-14-15-16-17-18-19-20-21-26-23(25)22-24(2)3/h4-22H2,1-3H3. The number of carbonyl (C=O) groups excluding carboxylic acids is 1. The van der Waals surface area contributed by atoms with Gasteiger partial charge in [0.2, 0.25) is 0 Å². The molecule has 0 amide bonds. The number of likely N-dealkylation sites (N-methyl/N-ethyl adjacent to an activating group) is 1. The molecule has 0 saturated heterocycles. The summed E-state index contributed by atoms with van der Waals surface area (Å²) in [5.41, 5.74) is 0. The van der Waals surface area contributed by atoms with Crippen LogP contribution in [0.15, 0.2) is 0 Å². The molecule has 0 radical (unpaired) electrons. The van der Waals surface area contributed by atoms with Gasteiger partial charge in [0, 0.05) is 0 Å². The van der Waals surface area contributed by atoms with E-state index in [2.05, 4.69) is 6.92 Å². The van der Waals surface area contributed by atoms with Gasteiger partial charge in [0.25, 0.3) is 0 Å². The lowest BCUT2D eigenvalue weighted by atomic mass is 10.0. The zero-order valence-electron chi connectivity index (χ0n) is 18.2. The van der Waals surface area contributed by atoms with Gasteiger partial charge in [0.05, 0.1) is 13.2 Å². The monoisotopic (exact) mass is 369 g/mol. The second-order valence-corrected chi connectivity index (χ2v) is 8.12. The van der Waals surface area contributed by atoms with E-state index in [0.717, 1.165) is 6.42 Å². The van der Waals surface area contributed by atoms with Gasteiger partial charge in [-0.2, -0.15) is 0 Å². The van der Waals surface area contributed by atoms with Gasteiger partial charge < -0.3 is 4.74 Å². The SMILES string of the molecule is CCCCCCCCCCCCCCCCCCCOC(=O)CN(C)C. The molecule has 0 N–H and O–H groups in total. The molecule has 0 bridgehead atoms. The minimum absolute atomic E-state index is 0.105. The molecule has 0 atom stereocenters. The molecule has 0 aromatic rings. The highest BCUT2D eigenvalue weighted by molar-refractivity contribution is 5.71. The molecule has 0 spiro atoms. The number of esters is 1. The molecule has 0 aliphatic carbocycles. The summed E-state index contributed by atoms with van der Waals surface area (Å²) in [7, 11) is 3.77. The van der Waals surface area contributed by atoms with Gasteiger partial charge in [-0.1, -0.05) is 110 Å². The molecule has 0 heterocycles. The van der Waals surface area contributed by atoms with Crippen molar-refractivity contribution in [2.75, 3.05) is 27.2 Å². The molecule has 3 heteroatoms. The Balaban J connectivity index is 3.06. The average Bonchev–Trinajstić information content (AvgIpc) is 2.60. The van der Waals surface area contributed by atoms with Crippen LogP contribution < -0.4 is 0 Å². The van der Waals surface area contributed by atoms with E-state index in [0.29, 0.717) is 13.2 Å². The summed E-state index contributed by atoms with van der Waals surface area (Å²) in [5.74, 6) is -0.105. The number of ether oxygens (including phenoxy) is 1. The van der Waals surface area contributed by atoms with Crippen LogP contribution in [0.3, 0.4) is 0 Å². The van der Waals surface area contributed by atoms with E-state index in [1.165, 1.54) is 103 Å². The van der Waals surface area contributed by atoms with E-state index in [9.17, 15) is 4.79 Å². The minimum atomic E-state index is -0.105. The van der Waals surface area contributed by atoms with Crippen molar-refractivity contribution >= 4 is 5.97 Å². The van der Waals surface area contributed by atoms with Gasteiger partial charge in [0.15, 0.2) is 0 Å². The predicted molar refractivity (Wildman–Crippen MR) is 114 cm³/mol. The summed E-state index contributed by atoms with van der Waals surface area (Å²) in [6, 6.07) is 0. The second kappa shape index (κ2) is 20.7. The van der Waals surface area contributed by atoms with Gasteiger partial charge in [0.1, 0.15) is 0 Å². The number of hydrogen-bond acceptors (Lipinski definition) is 3. The Hall–Kier alpha value is -0.570. The molecule has 0 aromatic heterocycles. The lowest BCUT2D eigenvalue weighted by Gasteiger charge is -2.09. The van der Waals surface area contributed by atoms with Crippen LogP contribution in [-0.4, -0.2) is 38.1 Å². The number of hydrogen-bond donors (Lipinski definition) is 0. The normalized spacial score (nSPS) is 11.2. The first-order valence-corrected chi connectivity index (χ1v) is 11.5. The van der Waals surface area contributed by atoms with Crippen LogP contribution in [-0.2, 0) is 9.53 Å². The van der Waals surface area contributed by atoms with Gasteiger partial charge in [-0.15, -0.1) is 0 Å². The number of carbonyl (C=O) groups is 1. The Bertz CT molecular complexity index is 292. The first kappa shape index (κ1) is 25.4. The molecular formula is C23H47NO2. The first-order valence-electron chi connectivity index (χ1n) is 11.5. The highest BCUT2D eigenvalue weighted by atomic mass is 16.5. The van der Waals surface area contributed by atoms with E-state index in [4.69, 9.17) is 4.74 Å². The molecule has 156 valence electrons. The second-order valence-electron chi connectivity index (χ2n) is 8.12. The van der Waals surface area contributed by atoms with Crippen molar-refractivity contribution in [3.05, 3.63) is 0 Å². The maximum atomic E-state index is 11.4. The fraction of sp³-hybridized carbons (Fsp3) is 0.957. The maximum Gasteiger partial charge on any atom is 0.320 e. The largest absolute Gasteiger partial charge is 0.465 e. The summed E-state index contributed by atoms with van der Waals surface area (Å²) >= 11 is 0. The lowest BCUT2D eigenvalue weighted by molar-refractivity contribution is -0.144. The van der Waals surface area contributed by atoms with Gasteiger partial charge >= 0.3 is 5.97 Å². The summed E-state index contributed by atoms with van der Waals surface area (Å²) in [4.78, 5) is 13.2. The Kier molecular flexibility index (Phi) is 20.3. The van der Waals surface area contributed by atoms with Gasteiger partial charge in [-0.3, -0.25) is 9.69 Å².